The molecule has 1 nitrogen and oxygen atoms in total. The highest BCUT2D eigenvalue weighted by Gasteiger charge is 2.29. The molecule has 1 aromatic carbocycles. The Hall–Kier alpha value is -0.900. The van der Waals surface area contributed by atoms with E-state index in [1.54, 1.807) is 0 Å². The Balaban J connectivity index is 2.20. The Bertz CT molecular complexity index is 485. The van der Waals surface area contributed by atoms with Gasteiger partial charge in [-0.05, 0) is 34.2 Å². The van der Waals surface area contributed by atoms with E-state index >= 15 is 0 Å². The van der Waals surface area contributed by atoms with E-state index in [-0.39, 0.29) is 0 Å². The van der Waals surface area contributed by atoms with Crippen LogP contribution in [-0.2, 0) is 0 Å². The number of fused-ring (bicyclic) bond motifs is 3. The van der Waals surface area contributed by atoms with Crippen LogP contribution in [0.2, 0.25) is 0 Å². The van der Waals surface area contributed by atoms with Crippen LogP contribution in [0.4, 0.5) is 5.69 Å². The van der Waals surface area contributed by atoms with E-state index in [1.165, 1.54) is 9.28 Å². The topological polar surface area (TPSA) is 12.4 Å². The van der Waals surface area contributed by atoms with Crippen LogP contribution in [0.3, 0.4) is 0 Å². The standard InChI is InChI=1S/C13H10IN/c14-13-11-7-2-1-5-9(11)10-6-3-4-8-12(10)15-13/h1-9,11H. The van der Waals surface area contributed by atoms with Gasteiger partial charge in [0.25, 0.3) is 0 Å². The summed E-state index contributed by atoms with van der Waals surface area (Å²) in [7, 11) is 0. The number of allylic oxidation sites excluding steroid dienone is 4. The first-order valence-corrected chi connectivity index (χ1v) is 6.12. The first-order chi connectivity index (χ1) is 7.36. The molecule has 0 amide bonds. The number of nitrogens with zero attached hydrogens (tertiary/aromatic N) is 1. The van der Waals surface area contributed by atoms with Crippen molar-refractivity contribution in [2.75, 3.05) is 0 Å². The molecule has 0 spiro atoms. The molecule has 2 atom stereocenters. The van der Waals surface area contributed by atoms with Crippen molar-refractivity contribution in [3.63, 3.8) is 0 Å². The Labute approximate surface area is 103 Å². The van der Waals surface area contributed by atoms with Gasteiger partial charge in [-0.15, -0.1) is 0 Å². The van der Waals surface area contributed by atoms with Crippen molar-refractivity contribution in [2.45, 2.75) is 5.92 Å². The van der Waals surface area contributed by atoms with E-state index in [0.717, 1.165) is 5.69 Å². The maximum atomic E-state index is 4.65. The van der Waals surface area contributed by atoms with Gasteiger partial charge in [-0.25, -0.2) is 4.99 Å². The van der Waals surface area contributed by atoms with Gasteiger partial charge in [0.2, 0.25) is 0 Å². The Morgan fingerprint density at radius 1 is 1.00 bits per heavy atom. The van der Waals surface area contributed by atoms with Crippen LogP contribution in [0, 0.1) is 5.92 Å². The molecule has 74 valence electrons. The van der Waals surface area contributed by atoms with Crippen molar-refractivity contribution >= 4 is 32.0 Å². The Morgan fingerprint density at radius 3 is 2.60 bits per heavy atom. The van der Waals surface area contributed by atoms with Crippen molar-refractivity contribution in [3.8, 4) is 0 Å². The largest absolute Gasteiger partial charge is 0.246 e. The summed E-state index contributed by atoms with van der Waals surface area (Å²) in [6.45, 7) is 0. The summed E-state index contributed by atoms with van der Waals surface area (Å²) in [4.78, 5) is 4.65. The second-order valence-corrected chi connectivity index (χ2v) is 4.92. The van der Waals surface area contributed by atoms with Crippen molar-refractivity contribution in [1.29, 1.82) is 0 Å². The first kappa shape index (κ1) is 9.33. The third-order valence-corrected chi connectivity index (χ3v) is 3.89. The van der Waals surface area contributed by atoms with E-state index < -0.39 is 0 Å². The fourth-order valence-electron chi connectivity index (χ4n) is 2.19. The predicted molar refractivity (Wildman–Crippen MR) is 72.1 cm³/mol. The quantitative estimate of drug-likeness (QED) is 0.643. The number of benzene rings is 1. The summed E-state index contributed by atoms with van der Waals surface area (Å²) in [6, 6.07) is 8.42. The molecule has 0 aromatic heterocycles. The minimum atomic E-state index is 0.450. The molecule has 1 aromatic rings. The van der Waals surface area contributed by atoms with Crippen molar-refractivity contribution < 1.29 is 0 Å². The smallest absolute Gasteiger partial charge is 0.0868 e. The van der Waals surface area contributed by atoms with Gasteiger partial charge in [0.1, 0.15) is 0 Å². The average Bonchev–Trinajstić information content (AvgIpc) is 2.30. The second-order valence-electron chi connectivity index (χ2n) is 3.81. The molecule has 15 heavy (non-hydrogen) atoms. The number of rotatable bonds is 0. The summed E-state index contributed by atoms with van der Waals surface area (Å²) in [6.07, 6.45) is 8.76. The van der Waals surface area contributed by atoms with Crippen LogP contribution in [0.5, 0.6) is 0 Å². The molecule has 2 aliphatic rings. The molecule has 1 heterocycles. The maximum absolute atomic E-state index is 4.65. The van der Waals surface area contributed by atoms with Crippen LogP contribution in [-0.4, -0.2) is 3.72 Å². The van der Waals surface area contributed by atoms with Gasteiger partial charge in [0.05, 0.1) is 9.41 Å². The lowest BCUT2D eigenvalue weighted by Crippen LogP contribution is -2.20. The first-order valence-electron chi connectivity index (χ1n) is 5.04. The molecular formula is C13H10IN. The van der Waals surface area contributed by atoms with Crippen molar-refractivity contribution in [1.82, 2.24) is 0 Å². The van der Waals surface area contributed by atoms with Crippen LogP contribution < -0.4 is 0 Å². The third kappa shape index (κ3) is 1.47. The number of aliphatic imine (C=N–C) groups is 1. The van der Waals surface area contributed by atoms with E-state index in [1.807, 2.05) is 0 Å². The minimum absolute atomic E-state index is 0.450. The van der Waals surface area contributed by atoms with E-state index in [0.29, 0.717) is 11.8 Å². The van der Waals surface area contributed by atoms with Crippen molar-refractivity contribution in [2.24, 2.45) is 10.9 Å². The van der Waals surface area contributed by atoms with E-state index in [9.17, 15) is 0 Å². The molecule has 3 rings (SSSR count). The van der Waals surface area contributed by atoms with Gasteiger partial charge in [-0.1, -0.05) is 42.5 Å². The van der Waals surface area contributed by atoms with Gasteiger partial charge in [0, 0.05) is 11.8 Å². The molecule has 2 unspecified atom stereocenters. The van der Waals surface area contributed by atoms with Crippen LogP contribution >= 0.6 is 22.6 Å². The molecule has 0 bridgehead atoms. The van der Waals surface area contributed by atoms with Crippen LogP contribution in [0.25, 0.3) is 0 Å². The van der Waals surface area contributed by atoms with Crippen LogP contribution in [0.1, 0.15) is 11.5 Å². The molecule has 0 radical (unpaired) electrons. The maximum Gasteiger partial charge on any atom is 0.0868 e. The predicted octanol–water partition coefficient (Wildman–Crippen LogP) is 3.99. The molecule has 0 N–H and O–H groups in total. The zero-order valence-electron chi connectivity index (χ0n) is 8.10. The third-order valence-electron chi connectivity index (χ3n) is 2.93. The summed E-state index contributed by atoms with van der Waals surface area (Å²) in [5.41, 5.74) is 2.48. The highest BCUT2D eigenvalue weighted by atomic mass is 127. The molecule has 1 aliphatic heterocycles. The van der Waals surface area contributed by atoms with Crippen LogP contribution in [0.15, 0.2) is 53.6 Å². The zero-order chi connectivity index (χ0) is 10.3. The fraction of sp³-hybridized carbons (Fsp3) is 0.154. The lowest BCUT2D eigenvalue weighted by molar-refractivity contribution is 0.734. The minimum Gasteiger partial charge on any atom is -0.246 e. The van der Waals surface area contributed by atoms with Gasteiger partial charge in [-0.2, -0.15) is 0 Å². The SMILES string of the molecule is IC1=Nc2ccccc2C2C=CC=CC12. The molecule has 1 aliphatic carbocycles. The number of para-hydroxylation sites is 1. The molecule has 0 saturated heterocycles. The Morgan fingerprint density at radius 2 is 1.73 bits per heavy atom. The van der Waals surface area contributed by atoms with Gasteiger partial charge >= 0.3 is 0 Å². The molecule has 0 fully saturated rings. The lowest BCUT2D eigenvalue weighted by Gasteiger charge is -2.28. The average molecular weight is 307 g/mol. The van der Waals surface area contributed by atoms with E-state index in [2.05, 4.69) is 76.2 Å². The van der Waals surface area contributed by atoms with Gasteiger partial charge in [0.15, 0.2) is 0 Å². The number of halogens is 1. The number of hydrogen-bond acceptors (Lipinski definition) is 1. The summed E-state index contributed by atoms with van der Waals surface area (Å²) < 4.78 is 1.19. The normalized spacial score (nSPS) is 26.9. The second kappa shape index (κ2) is 3.59. The van der Waals surface area contributed by atoms with Crippen molar-refractivity contribution in [3.05, 3.63) is 54.1 Å². The monoisotopic (exact) mass is 307 g/mol. The van der Waals surface area contributed by atoms with Gasteiger partial charge in [-0.3, -0.25) is 0 Å². The summed E-state index contributed by atoms with van der Waals surface area (Å²) in [5.74, 6) is 0.932. The highest BCUT2D eigenvalue weighted by Crippen LogP contribution is 2.42. The summed E-state index contributed by atoms with van der Waals surface area (Å²) >= 11 is 2.35. The number of hydrogen-bond donors (Lipinski definition) is 0. The van der Waals surface area contributed by atoms with E-state index in [4.69, 9.17) is 0 Å². The zero-order valence-corrected chi connectivity index (χ0v) is 10.3. The van der Waals surface area contributed by atoms with Gasteiger partial charge < -0.3 is 0 Å². The Kier molecular flexibility index (Phi) is 2.24. The summed E-state index contributed by atoms with van der Waals surface area (Å²) in [5, 5.41) is 0. The highest BCUT2D eigenvalue weighted by molar-refractivity contribution is 14.1. The molecule has 2 heteroatoms. The fourth-order valence-corrected chi connectivity index (χ4v) is 3.05. The molecule has 0 saturated carbocycles. The molecular weight excluding hydrogens is 297 g/mol. The lowest BCUT2D eigenvalue weighted by atomic mass is 9.81.